The molecule has 0 radical (unpaired) electrons. The molecule has 2 N–H and O–H groups in total. The highest BCUT2D eigenvalue weighted by molar-refractivity contribution is 5.91. The van der Waals surface area contributed by atoms with Crippen molar-refractivity contribution in [3.63, 3.8) is 0 Å². The fraction of sp³-hybridized carbons (Fsp3) is 0.333. The number of nitrogens with one attached hydrogen (secondary N) is 2. The van der Waals surface area contributed by atoms with E-state index in [1.807, 2.05) is 31.2 Å². The first-order valence-electron chi connectivity index (χ1n) is 9.11. The Bertz CT molecular complexity index is 933. The molecule has 1 fully saturated rings. The molecule has 4 rings (SSSR count). The summed E-state index contributed by atoms with van der Waals surface area (Å²) in [7, 11) is 1.65. The van der Waals surface area contributed by atoms with Crippen LogP contribution >= 0.6 is 0 Å². The lowest BCUT2D eigenvalue weighted by atomic mass is 10.0. The summed E-state index contributed by atoms with van der Waals surface area (Å²) in [6.07, 6.45) is 4.13. The topological polar surface area (TPSA) is 67.0 Å². The SMILES string of the molecule is CCCC(=O)N[C@@H]1C[C@H]1c1c(-c2ccccc2)[nH]c2ncc(OC)cc12. The third kappa shape index (κ3) is 3.05. The average Bonchev–Trinajstić information content (AvgIpc) is 3.30. The minimum Gasteiger partial charge on any atom is -0.495 e. The summed E-state index contributed by atoms with van der Waals surface area (Å²) < 4.78 is 5.37. The normalized spacial score (nSPS) is 18.7. The highest BCUT2D eigenvalue weighted by Gasteiger charge is 2.42. The molecular weight excluding hydrogens is 326 g/mol. The Kier molecular flexibility index (Phi) is 4.37. The van der Waals surface area contributed by atoms with Crippen LogP contribution in [0, 0.1) is 0 Å². The number of nitrogens with zero attached hydrogens (tertiary/aromatic N) is 1. The van der Waals surface area contributed by atoms with Gasteiger partial charge in [0.05, 0.1) is 19.0 Å². The fourth-order valence-electron chi connectivity index (χ4n) is 3.58. The molecule has 2 heterocycles. The van der Waals surface area contributed by atoms with Gasteiger partial charge < -0.3 is 15.0 Å². The van der Waals surface area contributed by atoms with E-state index in [0.29, 0.717) is 12.3 Å². The molecule has 1 saturated carbocycles. The number of benzene rings is 1. The highest BCUT2D eigenvalue weighted by Crippen LogP contribution is 2.48. The van der Waals surface area contributed by atoms with Gasteiger partial charge in [-0.05, 0) is 30.0 Å². The van der Waals surface area contributed by atoms with Crippen molar-refractivity contribution >= 4 is 16.9 Å². The van der Waals surface area contributed by atoms with Gasteiger partial charge in [-0.1, -0.05) is 37.3 Å². The van der Waals surface area contributed by atoms with Crippen molar-refractivity contribution in [2.45, 2.75) is 38.1 Å². The standard InChI is InChI=1S/C21H23N3O2/c1-3-7-18(25)23-17-11-15(17)19-16-10-14(26-2)12-22-21(16)24-20(19)13-8-5-4-6-9-13/h4-6,8-10,12,15,17H,3,7,11H2,1-2H3,(H,22,24)(H,23,25)/t15-,17-/m1/s1. The number of carbonyl (C=O) groups is 1. The molecule has 0 bridgehead atoms. The van der Waals surface area contributed by atoms with E-state index in [2.05, 4.69) is 27.4 Å². The van der Waals surface area contributed by atoms with E-state index in [1.165, 1.54) is 5.56 Å². The lowest BCUT2D eigenvalue weighted by Gasteiger charge is -2.07. The van der Waals surface area contributed by atoms with Crippen LogP contribution in [0.1, 0.15) is 37.7 Å². The Morgan fingerprint density at radius 1 is 1.35 bits per heavy atom. The Balaban J connectivity index is 1.75. The molecule has 2 atom stereocenters. The number of H-pyrrole nitrogens is 1. The van der Waals surface area contributed by atoms with Gasteiger partial charge in [0, 0.05) is 23.8 Å². The quantitative estimate of drug-likeness (QED) is 0.706. The van der Waals surface area contributed by atoms with Gasteiger partial charge in [0.15, 0.2) is 0 Å². The number of hydrogen-bond donors (Lipinski definition) is 2. The maximum Gasteiger partial charge on any atom is 0.220 e. The summed E-state index contributed by atoms with van der Waals surface area (Å²) in [5, 5.41) is 4.23. The third-order valence-electron chi connectivity index (χ3n) is 4.95. The fourth-order valence-corrected chi connectivity index (χ4v) is 3.58. The van der Waals surface area contributed by atoms with Crippen molar-refractivity contribution in [2.24, 2.45) is 0 Å². The van der Waals surface area contributed by atoms with Gasteiger partial charge in [-0.15, -0.1) is 0 Å². The lowest BCUT2D eigenvalue weighted by Crippen LogP contribution is -2.26. The van der Waals surface area contributed by atoms with E-state index < -0.39 is 0 Å². The van der Waals surface area contributed by atoms with Crippen molar-refractivity contribution in [1.29, 1.82) is 0 Å². The summed E-state index contributed by atoms with van der Waals surface area (Å²) in [4.78, 5) is 20.0. The molecule has 5 nitrogen and oxygen atoms in total. The molecule has 0 aliphatic heterocycles. The summed E-state index contributed by atoms with van der Waals surface area (Å²) >= 11 is 0. The van der Waals surface area contributed by atoms with Crippen LogP contribution in [0.15, 0.2) is 42.6 Å². The second kappa shape index (κ2) is 6.83. The number of carbonyl (C=O) groups excluding carboxylic acids is 1. The molecule has 3 aromatic rings. The summed E-state index contributed by atoms with van der Waals surface area (Å²) in [5.74, 6) is 1.18. The first-order chi connectivity index (χ1) is 12.7. The molecule has 1 aliphatic carbocycles. The lowest BCUT2D eigenvalue weighted by molar-refractivity contribution is -0.121. The molecule has 0 spiro atoms. The molecule has 5 heteroatoms. The molecule has 1 aliphatic rings. The van der Waals surface area contributed by atoms with Crippen LogP contribution in [0.5, 0.6) is 5.75 Å². The first kappa shape index (κ1) is 16.6. The molecule has 26 heavy (non-hydrogen) atoms. The second-order valence-corrected chi connectivity index (χ2v) is 6.82. The van der Waals surface area contributed by atoms with Crippen LogP contribution in [-0.2, 0) is 4.79 Å². The second-order valence-electron chi connectivity index (χ2n) is 6.82. The highest BCUT2D eigenvalue weighted by atomic mass is 16.5. The van der Waals surface area contributed by atoms with Crippen LogP contribution in [0.2, 0.25) is 0 Å². The molecule has 1 aromatic carbocycles. The predicted molar refractivity (Wildman–Crippen MR) is 102 cm³/mol. The number of ether oxygens (including phenoxy) is 1. The Hall–Kier alpha value is -2.82. The van der Waals surface area contributed by atoms with Crippen molar-refractivity contribution in [3.8, 4) is 17.0 Å². The number of aromatic nitrogens is 2. The Morgan fingerprint density at radius 2 is 2.15 bits per heavy atom. The number of aromatic amines is 1. The Labute approximate surface area is 152 Å². The van der Waals surface area contributed by atoms with E-state index in [0.717, 1.165) is 40.9 Å². The molecule has 2 aromatic heterocycles. The predicted octanol–water partition coefficient (Wildman–Crippen LogP) is 4.01. The van der Waals surface area contributed by atoms with Gasteiger partial charge in [0.25, 0.3) is 0 Å². The minimum atomic E-state index is 0.136. The molecular formula is C21H23N3O2. The van der Waals surface area contributed by atoms with Crippen LogP contribution in [0.3, 0.4) is 0 Å². The van der Waals surface area contributed by atoms with Crippen molar-refractivity contribution in [2.75, 3.05) is 7.11 Å². The largest absolute Gasteiger partial charge is 0.495 e. The molecule has 0 unspecified atom stereocenters. The number of rotatable bonds is 6. The van der Waals surface area contributed by atoms with Gasteiger partial charge in [0.1, 0.15) is 11.4 Å². The molecule has 134 valence electrons. The average molecular weight is 349 g/mol. The van der Waals surface area contributed by atoms with Gasteiger partial charge in [-0.2, -0.15) is 0 Å². The monoisotopic (exact) mass is 349 g/mol. The van der Waals surface area contributed by atoms with Gasteiger partial charge in [-0.3, -0.25) is 4.79 Å². The van der Waals surface area contributed by atoms with Crippen LogP contribution in [0.4, 0.5) is 0 Å². The third-order valence-corrected chi connectivity index (χ3v) is 4.95. The first-order valence-corrected chi connectivity index (χ1v) is 9.11. The van der Waals surface area contributed by atoms with E-state index in [4.69, 9.17) is 4.74 Å². The zero-order valence-electron chi connectivity index (χ0n) is 15.1. The minimum absolute atomic E-state index is 0.136. The summed E-state index contributed by atoms with van der Waals surface area (Å²) in [6.45, 7) is 2.02. The Morgan fingerprint density at radius 3 is 2.88 bits per heavy atom. The van der Waals surface area contributed by atoms with Crippen LogP contribution in [-0.4, -0.2) is 29.0 Å². The summed E-state index contributed by atoms with van der Waals surface area (Å²) in [5.41, 5.74) is 4.29. The number of pyridine rings is 1. The van der Waals surface area contributed by atoms with Crippen molar-refractivity contribution < 1.29 is 9.53 Å². The van der Waals surface area contributed by atoms with E-state index >= 15 is 0 Å². The van der Waals surface area contributed by atoms with Gasteiger partial charge in [0.2, 0.25) is 5.91 Å². The number of amides is 1. The molecule has 1 amide bonds. The maximum atomic E-state index is 12.0. The van der Waals surface area contributed by atoms with Crippen molar-refractivity contribution in [3.05, 3.63) is 48.2 Å². The number of methoxy groups -OCH3 is 1. The summed E-state index contributed by atoms with van der Waals surface area (Å²) in [6, 6.07) is 12.5. The number of hydrogen-bond acceptors (Lipinski definition) is 3. The van der Waals surface area contributed by atoms with Crippen molar-refractivity contribution in [1.82, 2.24) is 15.3 Å². The maximum absolute atomic E-state index is 12.0. The zero-order valence-corrected chi connectivity index (χ0v) is 15.1. The van der Waals surface area contributed by atoms with Gasteiger partial charge in [-0.25, -0.2) is 4.98 Å². The van der Waals surface area contributed by atoms with Gasteiger partial charge >= 0.3 is 0 Å². The smallest absolute Gasteiger partial charge is 0.220 e. The number of fused-ring (bicyclic) bond motifs is 1. The van der Waals surface area contributed by atoms with Crippen LogP contribution < -0.4 is 10.1 Å². The molecule has 0 saturated heterocycles. The van der Waals surface area contributed by atoms with E-state index in [9.17, 15) is 4.79 Å². The van der Waals surface area contributed by atoms with E-state index in [-0.39, 0.29) is 11.9 Å². The zero-order chi connectivity index (χ0) is 18.1. The van der Waals surface area contributed by atoms with E-state index in [1.54, 1.807) is 13.3 Å². The van der Waals surface area contributed by atoms with Crippen LogP contribution in [0.25, 0.3) is 22.3 Å².